The van der Waals surface area contributed by atoms with Crippen LogP contribution >= 0.6 is 11.3 Å². The molecule has 0 atom stereocenters. The summed E-state index contributed by atoms with van der Waals surface area (Å²) in [6.07, 6.45) is 1.68. The summed E-state index contributed by atoms with van der Waals surface area (Å²) >= 11 is 0.967. The van der Waals surface area contributed by atoms with Gasteiger partial charge in [-0.2, -0.15) is 14.6 Å². The minimum atomic E-state index is -0.513. The number of fused-ring (bicyclic) bond motifs is 1. The highest BCUT2D eigenvalue weighted by molar-refractivity contribution is 7.15. The van der Waals surface area contributed by atoms with Crippen LogP contribution in [0.3, 0.4) is 0 Å². The molecule has 4 rings (SSSR count). The molecular formula is C19H12N4O4S. The van der Waals surface area contributed by atoms with E-state index < -0.39 is 16.0 Å². The van der Waals surface area contributed by atoms with Crippen molar-refractivity contribution in [1.82, 2.24) is 14.6 Å². The highest BCUT2D eigenvalue weighted by Gasteiger charge is 2.14. The van der Waals surface area contributed by atoms with Gasteiger partial charge in [0.25, 0.3) is 16.8 Å². The zero-order chi connectivity index (χ0) is 19.7. The van der Waals surface area contributed by atoms with Crippen molar-refractivity contribution in [2.24, 2.45) is 0 Å². The normalized spacial score (nSPS) is 11.8. The van der Waals surface area contributed by atoms with Crippen molar-refractivity contribution in [1.29, 1.82) is 0 Å². The van der Waals surface area contributed by atoms with Crippen molar-refractivity contribution < 1.29 is 4.92 Å². The molecule has 0 unspecified atom stereocenters. The van der Waals surface area contributed by atoms with Gasteiger partial charge in [-0.25, -0.2) is 0 Å². The second kappa shape index (κ2) is 7.12. The van der Waals surface area contributed by atoms with Crippen molar-refractivity contribution in [2.45, 2.75) is 6.42 Å². The first-order valence-corrected chi connectivity index (χ1v) is 9.06. The third-order valence-corrected chi connectivity index (χ3v) is 5.04. The summed E-state index contributed by atoms with van der Waals surface area (Å²) in [7, 11) is 0. The Morgan fingerprint density at radius 1 is 1.07 bits per heavy atom. The summed E-state index contributed by atoms with van der Waals surface area (Å²) in [5, 5.41) is 15.3. The van der Waals surface area contributed by atoms with Crippen LogP contribution in [0.15, 0.2) is 64.2 Å². The standard InChI is InChI=1S/C19H12N4O4S/c24-17-14(10-12-6-2-1-3-7-12)21-22-18(25)16(28-19(22)20-17)11-13-8-4-5-9-15(13)23(26)27/h1-9,11H,10H2/b16-11-. The molecule has 28 heavy (non-hydrogen) atoms. The lowest BCUT2D eigenvalue weighted by Gasteiger charge is -1.99. The van der Waals surface area contributed by atoms with Crippen LogP contribution in [-0.2, 0) is 6.42 Å². The Labute approximate surface area is 161 Å². The SMILES string of the molecule is O=c1nc2s/c(=C\c3ccccc3[N+](=O)[O-])c(=O)n2nc1Cc1ccccc1. The predicted octanol–water partition coefficient (Wildman–Crippen LogP) is 1.56. The molecule has 4 aromatic rings. The van der Waals surface area contributed by atoms with Gasteiger partial charge >= 0.3 is 0 Å². The van der Waals surface area contributed by atoms with Gasteiger partial charge in [-0.15, -0.1) is 0 Å². The monoisotopic (exact) mass is 392 g/mol. The Morgan fingerprint density at radius 2 is 1.79 bits per heavy atom. The summed E-state index contributed by atoms with van der Waals surface area (Å²) in [5.41, 5.74) is 0.254. The second-order valence-electron chi connectivity index (χ2n) is 5.95. The summed E-state index contributed by atoms with van der Waals surface area (Å²) < 4.78 is 1.29. The van der Waals surface area contributed by atoms with Crippen molar-refractivity contribution in [3.8, 4) is 0 Å². The lowest BCUT2D eigenvalue weighted by Crippen LogP contribution is -2.28. The third kappa shape index (κ3) is 3.30. The zero-order valence-corrected chi connectivity index (χ0v) is 15.1. The molecule has 2 aromatic carbocycles. The van der Waals surface area contributed by atoms with Crippen LogP contribution < -0.4 is 15.7 Å². The molecule has 2 heterocycles. The molecule has 0 N–H and O–H groups in total. The quantitative estimate of drug-likeness (QED) is 0.385. The first-order valence-electron chi connectivity index (χ1n) is 8.25. The van der Waals surface area contributed by atoms with Crippen LogP contribution in [0.25, 0.3) is 11.0 Å². The van der Waals surface area contributed by atoms with Gasteiger partial charge in [-0.1, -0.05) is 53.8 Å². The number of aromatic nitrogens is 3. The van der Waals surface area contributed by atoms with Gasteiger partial charge in [-0.3, -0.25) is 19.7 Å². The largest absolute Gasteiger partial charge is 0.296 e. The smallest absolute Gasteiger partial charge is 0.266 e. The molecule has 0 radical (unpaired) electrons. The van der Waals surface area contributed by atoms with Gasteiger partial charge in [0.15, 0.2) is 0 Å². The third-order valence-electron chi connectivity index (χ3n) is 4.08. The van der Waals surface area contributed by atoms with E-state index in [2.05, 4.69) is 10.1 Å². The number of nitro groups is 1. The van der Waals surface area contributed by atoms with Gasteiger partial charge in [0, 0.05) is 12.5 Å². The molecule has 0 fully saturated rings. The molecule has 0 aliphatic carbocycles. The number of benzene rings is 2. The summed E-state index contributed by atoms with van der Waals surface area (Å²) in [6.45, 7) is 0. The molecule has 0 amide bonds. The Bertz CT molecular complexity index is 1360. The van der Waals surface area contributed by atoms with Gasteiger partial charge in [0.05, 0.1) is 15.0 Å². The molecule has 0 saturated carbocycles. The number of rotatable bonds is 4. The molecule has 0 saturated heterocycles. The van der Waals surface area contributed by atoms with Crippen LogP contribution in [0.1, 0.15) is 16.8 Å². The van der Waals surface area contributed by atoms with E-state index in [-0.39, 0.29) is 27.3 Å². The summed E-state index contributed by atoms with van der Waals surface area (Å²) in [4.78, 5) is 39.7. The Balaban J connectivity index is 1.85. The maximum absolute atomic E-state index is 12.7. The molecule has 0 aliphatic heterocycles. The lowest BCUT2D eigenvalue weighted by atomic mass is 10.1. The average molecular weight is 392 g/mol. The molecule has 0 spiro atoms. The first-order chi connectivity index (χ1) is 13.5. The number of nitrogens with zero attached hydrogens (tertiary/aromatic N) is 4. The number of hydrogen-bond donors (Lipinski definition) is 0. The Kier molecular flexibility index (Phi) is 4.50. The van der Waals surface area contributed by atoms with E-state index in [1.54, 1.807) is 18.2 Å². The van der Waals surface area contributed by atoms with E-state index in [1.807, 2.05) is 30.3 Å². The number of thiazole rings is 1. The van der Waals surface area contributed by atoms with E-state index in [4.69, 9.17) is 0 Å². The van der Waals surface area contributed by atoms with Gasteiger partial charge in [-0.05, 0) is 17.7 Å². The van der Waals surface area contributed by atoms with Gasteiger partial charge < -0.3 is 0 Å². The van der Waals surface area contributed by atoms with E-state index in [1.165, 1.54) is 12.1 Å². The first kappa shape index (κ1) is 17.7. The van der Waals surface area contributed by atoms with Gasteiger partial charge in [0.2, 0.25) is 4.96 Å². The maximum Gasteiger partial charge on any atom is 0.296 e. The highest BCUT2D eigenvalue weighted by atomic mass is 32.1. The Morgan fingerprint density at radius 3 is 2.54 bits per heavy atom. The van der Waals surface area contributed by atoms with Crippen molar-refractivity contribution in [3.63, 3.8) is 0 Å². The minimum absolute atomic E-state index is 0.112. The lowest BCUT2D eigenvalue weighted by molar-refractivity contribution is -0.385. The molecule has 2 aromatic heterocycles. The highest BCUT2D eigenvalue weighted by Crippen LogP contribution is 2.18. The number of nitro benzene ring substituents is 1. The van der Waals surface area contributed by atoms with E-state index >= 15 is 0 Å². The van der Waals surface area contributed by atoms with Crippen LogP contribution in [0.5, 0.6) is 0 Å². The fourth-order valence-electron chi connectivity index (χ4n) is 2.76. The number of hydrogen-bond acceptors (Lipinski definition) is 7. The van der Waals surface area contributed by atoms with Crippen molar-refractivity contribution in [2.75, 3.05) is 0 Å². The fraction of sp³-hybridized carbons (Fsp3) is 0.0526. The molecule has 8 nitrogen and oxygen atoms in total. The topological polar surface area (TPSA) is 107 Å². The van der Waals surface area contributed by atoms with Crippen molar-refractivity contribution in [3.05, 3.63) is 107 Å². The molecular weight excluding hydrogens is 380 g/mol. The molecule has 0 aliphatic rings. The second-order valence-corrected chi connectivity index (χ2v) is 6.96. The average Bonchev–Trinajstić information content (AvgIpc) is 2.98. The summed E-state index contributed by atoms with van der Waals surface area (Å²) in [6, 6.07) is 15.4. The van der Waals surface area contributed by atoms with Crippen molar-refractivity contribution >= 4 is 28.1 Å². The van der Waals surface area contributed by atoms with E-state index in [9.17, 15) is 19.7 Å². The predicted molar refractivity (Wildman–Crippen MR) is 105 cm³/mol. The summed E-state index contributed by atoms with van der Waals surface area (Å²) in [5.74, 6) is 0. The van der Waals surface area contributed by atoms with Crippen LogP contribution in [-0.4, -0.2) is 19.5 Å². The zero-order valence-electron chi connectivity index (χ0n) is 14.3. The maximum atomic E-state index is 12.7. The van der Waals surface area contributed by atoms with Crippen LogP contribution in [0.4, 0.5) is 5.69 Å². The minimum Gasteiger partial charge on any atom is -0.266 e. The number of para-hydroxylation sites is 1. The van der Waals surface area contributed by atoms with E-state index in [0.717, 1.165) is 21.4 Å². The van der Waals surface area contributed by atoms with E-state index in [0.29, 0.717) is 5.56 Å². The van der Waals surface area contributed by atoms with Crippen LogP contribution in [0.2, 0.25) is 0 Å². The van der Waals surface area contributed by atoms with Gasteiger partial charge in [0.1, 0.15) is 5.69 Å². The molecule has 9 heteroatoms. The Hall–Kier alpha value is -3.72. The molecule has 138 valence electrons. The van der Waals surface area contributed by atoms with Crippen LogP contribution in [0, 0.1) is 10.1 Å². The molecule has 0 bridgehead atoms. The fourth-order valence-corrected chi connectivity index (χ4v) is 3.65.